The van der Waals surface area contributed by atoms with Gasteiger partial charge in [0.05, 0.1) is 0 Å². The maximum atomic E-state index is 12.3. The van der Waals surface area contributed by atoms with Crippen LogP contribution in [0.4, 0.5) is 13.2 Å². The zero-order valence-corrected chi connectivity index (χ0v) is 8.18. The Balaban J connectivity index is 2.54. The first kappa shape index (κ1) is 12.3. The average Bonchev–Trinajstić information content (AvgIpc) is 2.13. The summed E-state index contributed by atoms with van der Waals surface area (Å²) in [6, 6.07) is -0.318. The Morgan fingerprint density at radius 2 is 2.13 bits per heavy atom. The van der Waals surface area contributed by atoms with Gasteiger partial charge in [-0.15, -0.1) is 0 Å². The molecule has 0 aromatic rings. The summed E-state index contributed by atoms with van der Waals surface area (Å²) in [5, 5.41) is 11.4. The molecule has 2 unspecified atom stereocenters. The molecule has 1 heterocycles. The number of alkyl halides is 3. The van der Waals surface area contributed by atoms with Crippen LogP contribution in [0, 0.1) is 5.92 Å². The van der Waals surface area contributed by atoms with E-state index in [1.165, 1.54) is 0 Å². The first-order chi connectivity index (χ1) is 6.91. The number of piperidine rings is 1. The lowest BCUT2D eigenvalue weighted by molar-refractivity contribution is -0.196. The molecular weight excluding hydrogens is 211 g/mol. The van der Waals surface area contributed by atoms with Crippen molar-refractivity contribution in [2.45, 2.75) is 37.9 Å². The molecule has 1 aliphatic rings. The summed E-state index contributed by atoms with van der Waals surface area (Å²) in [5.41, 5.74) is 0. The van der Waals surface area contributed by atoms with Crippen LogP contribution < -0.4 is 5.32 Å². The highest BCUT2D eigenvalue weighted by Gasteiger charge is 2.46. The molecule has 0 aliphatic carbocycles. The predicted octanol–water partition coefficient (Wildman–Crippen LogP) is 1.78. The van der Waals surface area contributed by atoms with Gasteiger partial charge in [-0.25, -0.2) is 0 Å². The molecule has 0 bridgehead atoms. The zero-order valence-electron chi connectivity index (χ0n) is 8.18. The highest BCUT2D eigenvalue weighted by atomic mass is 19.4. The summed E-state index contributed by atoms with van der Waals surface area (Å²) in [4.78, 5) is 10.5. The molecule has 2 atom stereocenters. The quantitative estimate of drug-likeness (QED) is 0.769. The van der Waals surface area contributed by atoms with Crippen molar-refractivity contribution in [2.75, 3.05) is 6.54 Å². The fraction of sp³-hybridized carbons (Fsp3) is 0.889. The van der Waals surface area contributed by atoms with Gasteiger partial charge >= 0.3 is 12.1 Å². The number of carboxylic acids is 1. The Morgan fingerprint density at radius 1 is 1.47 bits per heavy atom. The van der Waals surface area contributed by atoms with Crippen LogP contribution in [0.1, 0.15) is 25.7 Å². The SMILES string of the molecule is O=C(O)C(CC1CCCCN1)C(F)(F)F. The molecular formula is C9H14F3NO2. The molecule has 2 N–H and O–H groups in total. The highest BCUT2D eigenvalue weighted by Crippen LogP contribution is 2.31. The topological polar surface area (TPSA) is 49.3 Å². The molecule has 0 saturated carbocycles. The van der Waals surface area contributed by atoms with Gasteiger partial charge in [0.15, 0.2) is 5.92 Å². The van der Waals surface area contributed by atoms with Gasteiger partial charge in [0.2, 0.25) is 0 Å². The molecule has 1 fully saturated rings. The van der Waals surface area contributed by atoms with Crippen LogP contribution in [0.15, 0.2) is 0 Å². The number of nitrogens with one attached hydrogen (secondary N) is 1. The number of hydrogen-bond acceptors (Lipinski definition) is 2. The summed E-state index contributed by atoms with van der Waals surface area (Å²) in [7, 11) is 0. The van der Waals surface area contributed by atoms with E-state index in [-0.39, 0.29) is 12.5 Å². The van der Waals surface area contributed by atoms with E-state index in [0.29, 0.717) is 13.0 Å². The first-order valence-corrected chi connectivity index (χ1v) is 4.94. The van der Waals surface area contributed by atoms with Gasteiger partial charge in [-0.1, -0.05) is 6.42 Å². The van der Waals surface area contributed by atoms with Gasteiger partial charge in [-0.05, 0) is 25.8 Å². The molecule has 3 nitrogen and oxygen atoms in total. The van der Waals surface area contributed by atoms with Crippen molar-refractivity contribution in [3.8, 4) is 0 Å². The van der Waals surface area contributed by atoms with Crippen LogP contribution in [-0.4, -0.2) is 29.8 Å². The molecule has 1 rings (SSSR count). The molecule has 0 aromatic carbocycles. The third-order valence-corrected chi connectivity index (χ3v) is 2.63. The molecule has 1 saturated heterocycles. The van der Waals surface area contributed by atoms with E-state index in [2.05, 4.69) is 5.32 Å². The van der Waals surface area contributed by atoms with Crippen molar-refractivity contribution in [3.05, 3.63) is 0 Å². The summed E-state index contributed by atoms with van der Waals surface area (Å²) in [6.45, 7) is 0.675. The minimum absolute atomic E-state index is 0.318. The van der Waals surface area contributed by atoms with Gasteiger partial charge in [0, 0.05) is 6.04 Å². The fourth-order valence-corrected chi connectivity index (χ4v) is 1.78. The third-order valence-electron chi connectivity index (χ3n) is 2.63. The van der Waals surface area contributed by atoms with Crippen molar-refractivity contribution < 1.29 is 23.1 Å². The van der Waals surface area contributed by atoms with Crippen LogP contribution in [0.25, 0.3) is 0 Å². The minimum Gasteiger partial charge on any atom is -0.481 e. The fourth-order valence-electron chi connectivity index (χ4n) is 1.78. The molecule has 0 amide bonds. The number of aliphatic carboxylic acids is 1. The van der Waals surface area contributed by atoms with Gasteiger partial charge in [0.1, 0.15) is 0 Å². The Morgan fingerprint density at radius 3 is 2.53 bits per heavy atom. The summed E-state index contributed by atoms with van der Waals surface area (Å²) in [6.07, 6.45) is -2.58. The van der Waals surface area contributed by atoms with Gasteiger partial charge in [-0.3, -0.25) is 4.79 Å². The van der Waals surface area contributed by atoms with Crippen LogP contribution in [0.3, 0.4) is 0 Å². The van der Waals surface area contributed by atoms with Gasteiger partial charge < -0.3 is 10.4 Å². The lowest BCUT2D eigenvalue weighted by Crippen LogP contribution is -2.41. The lowest BCUT2D eigenvalue weighted by atomic mass is 9.93. The molecule has 0 spiro atoms. The largest absolute Gasteiger partial charge is 0.481 e. The van der Waals surface area contributed by atoms with Crippen molar-refractivity contribution in [1.29, 1.82) is 0 Å². The van der Waals surface area contributed by atoms with E-state index >= 15 is 0 Å². The van der Waals surface area contributed by atoms with Gasteiger partial charge in [-0.2, -0.15) is 13.2 Å². The lowest BCUT2D eigenvalue weighted by Gasteiger charge is -2.26. The van der Waals surface area contributed by atoms with E-state index in [9.17, 15) is 18.0 Å². The smallest absolute Gasteiger partial charge is 0.402 e. The Hall–Kier alpha value is -0.780. The minimum atomic E-state index is -4.65. The molecule has 88 valence electrons. The standard InChI is InChI=1S/C9H14F3NO2/c10-9(11,12)7(8(14)15)5-6-3-1-2-4-13-6/h6-7,13H,1-5H2,(H,14,15). The molecule has 0 aromatic heterocycles. The Bertz CT molecular complexity index is 224. The first-order valence-electron chi connectivity index (χ1n) is 4.94. The predicted molar refractivity (Wildman–Crippen MR) is 47.4 cm³/mol. The van der Waals surface area contributed by atoms with Crippen molar-refractivity contribution in [3.63, 3.8) is 0 Å². The number of carboxylic acid groups (broad SMARTS) is 1. The van der Waals surface area contributed by atoms with E-state index in [1.807, 2.05) is 0 Å². The third kappa shape index (κ3) is 3.70. The normalized spacial score (nSPS) is 24.9. The average molecular weight is 225 g/mol. The molecule has 0 radical (unpaired) electrons. The highest BCUT2D eigenvalue weighted by molar-refractivity contribution is 5.71. The van der Waals surface area contributed by atoms with Crippen molar-refractivity contribution in [1.82, 2.24) is 5.32 Å². The van der Waals surface area contributed by atoms with E-state index in [1.54, 1.807) is 0 Å². The Labute approximate surface area is 85.7 Å². The molecule has 6 heteroatoms. The summed E-state index contributed by atoms with van der Waals surface area (Å²) >= 11 is 0. The van der Waals surface area contributed by atoms with Crippen LogP contribution in [-0.2, 0) is 4.79 Å². The van der Waals surface area contributed by atoms with Crippen molar-refractivity contribution >= 4 is 5.97 Å². The van der Waals surface area contributed by atoms with Crippen LogP contribution >= 0.6 is 0 Å². The maximum absolute atomic E-state index is 12.3. The number of hydrogen-bond donors (Lipinski definition) is 2. The number of carbonyl (C=O) groups is 1. The summed E-state index contributed by atoms with van der Waals surface area (Å²) < 4.78 is 37.0. The van der Waals surface area contributed by atoms with E-state index in [4.69, 9.17) is 5.11 Å². The number of halogens is 3. The second kappa shape index (κ2) is 4.83. The Kier molecular flexibility index (Phi) is 3.96. The monoisotopic (exact) mass is 225 g/mol. The number of rotatable bonds is 3. The van der Waals surface area contributed by atoms with Gasteiger partial charge in [0.25, 0.3) is 0 Å². The summed E-state index contributed by atoms with van der Waals surface area (Å²) in [5.74, 6) is -4.03. The maximum Gasteiger partial charge on any atom is 0.402 e. The zero-order chi connectivity index (χ0) is 11.5. The van der Waals surface area contributed by atoms with Crippen LogP contribution in [0.2, 0.25) is 0 Å². The van der Waals surface area contributed by atoms with Crippen molar-refractivity contribution in [2.24, 2.45) is 5.92 Å². The second-order valence-electron chi connectivity index (χ2n) is 3.81. The second-order valence-corrected chi connectivity index (χ2v) is 3.81. The van der Waals surface area contributed by atoms with Crippen LogP contribution in [0.5, 0.6) is 0 Å². The molecule has 1 aliphatic heterocycles. The van der Waals surface area contributed by atoms with E-state index < -0.39 is 18.1 Å². The molecule has 15 heavy (non-hydrogen) atoms. The van der Waals surface area contributed by atoms with E-state index in [0.717, 1.165) is 12.8 Å².